The van der Waals surface area contributed by atoms with Gasteiger partial charge in [0.15, 0.2) is 0 Å². The summed E-state index contributed by atoms with van der Waals surface area (Å²) in [5, 5.41) is 11.3. The number of nitrogens with zero attached hydrogens (tertiary/aromatic N) is 1. The highest BCUT2D eigenvalue weighted by molar-refractivity contribution is 5.76. The van der Waals surface area contributed by atoms with Gasteiger partial charge in [-0.1, -0.05) is 0 Å². The van der Waals surface area contributed by atoms with Gasteiger partial charge in [-0.2, -0.15) is 0 Å². The van der Waals surface area contributed by atoms with Gasteiger partial charge in [-0.15, -0.1) is 0 Å². The van der Waals surface area contributed by atoms with Gasteiger partial charge in [-0.25, -0.2) is 4.79 Å². The van der Waals surface area contributed by atoms with E-state index in [0.29, 0.717) is 0 Å². The average Bonchev–Trinajstić information content (AvgIpc) is 2.46. The van der Waals surface area contributed by atoms with Crippen LogP contribution in [0.25, 0.3) is 0 Å². The zero-order valence-electron chi connectivity index (χ0n) is 7.25. The molecule has 0 spiro atoms. The van der Waals surface area contributed by atoms with Crippen LogP contribution < -0.4 is 5.32 Å². The molecule has 0 radical (unpaired) electrons. The molecule has 0 aromatic heterocycles. The second-order valence-electron chi connectivity index (χ2n) is 3.00. The highest BCUT2D eigenvalue weighted by Gasteiger charge is 2.17. The summed E-state index contributed by atoms with van der Waals surface area (Å²) in [6.45, 7) is 2.69. The SMILES string of the molecule is O=C1NCCN1CCCCCO. The monoisotopic (exact) mass is 172 g/mol. The summed E-state index contributed by atoms with van der Waals surface area (Å²) < 4.78 is 0. The first kappa shape index (κ1) is 9.32. The van der Waals surface area contributed by atoms with E-state index >= 15 is 0 Å². The molecule has 70 valence electrons. The van der Waals surface area contributed by atoms with Crippen LogP contribution in [0.5, 0.6) is 0 Å². The molecular weight excluding hydrogens is 156 g/mol. The van der Waals surface area contributed by atoms with Crippen molar-refractivity contribution in [2.45, 2.75) is 19.3 Å². The lowest BCUT2D eigenvalue weighted by Gasteiger charge is -2.12. The van der Waals surface area contributed by atoms with E-state index in [1.165, 1.54) is 0 Å². The fraction of sp³-hybridized carbons (Fsp3) is 0.875. The fourth-order valence-electron chi connectivity index (χ4n) is 1.32. The zero-order chi connectivity index (χ0) is 8.81. The molecule has 1 saturated heterocycles. The van der Waals surface area contributed by atoms with Gasteiger partial charge in [-0.05, 0) is 19.3 Å². The fourth-order valence-corrected chi connectivity index (χ4v) is 1.32. The van der Waals surface area contributed by atoms with E-state index in [4.69, 9.17) is 5.11 Å². The van der Waals surface area contributed by atoms with Crippen molar-refractivity contribution >= 4 is 6.03 Å². The van der Waals surface area contributed by atoms with Gasteiger partial charge in [0.2, 0.25) is 0 Å². The van der Waals surface area contributed by atoms with Gasteiger partial charge >= 0.3 is 6.03 Å². The molecule has 1 aliphatic rings. The van der Waals surface area contributed by atoms with Crippen LogP contribution in [0, 0.1) is 0 Å². The number of unbranched alkanes of at least 4 members (excludes halogenated alkanes) is 2. The molecule has 1 fully saturated rings. The van der Waals surface area contributed by atoms with Crippen molar-refractivity contribution in [3.8, 4) is 0 Å². The number of hydrogen-bond donors (Lipinski definition) is 2. The topological polar surface area (TPSA) is 52.6 Å². The normalized spacial score (nSPS) is 16.8. The van der Waals surface area contributed by atoms with Crippen LogP contribution in [0.4, 0.5) is 4.79 Å². The molecule has 0 atom stereocenters. The molecule has 1 rings (SSSR count). The van der Waals surface area contributed by atoms with Crippen molar-refractivity contribution in [3.63, 3.8) is 0 Å². The average molecular weight is 172 g/mol. The number of urea groups is 1. The number of aliphatic hydroxyl groups excluding tert-OH is 1. The van der Waals surface area contributed by atoms with E-state index in [1.54, 1.807) is 0 Å². The number of carbonyl (C=O) groups excluding carboxylic acids is 1. The van der Waals surface area contributed by atoms with Crippen LogP contribution in [0.3, 0.4) is 0 Å². The standard InChI is InChI=1S/C8H16N2O2/c11-7-3-1-2-5-10-6-4-9-8(10)12/h11H,1-7H2,(H,9,12). The highest BCUT2D eigenvalue weighted by atomic mass is 16.2. The summed E-state index contributed by atoms with van der Waals surface area (Å²) in [5.41, 5.74) is 0. The van der Waals surface area contributed by atoms with Gasteiger partial charge < -0.3 is 15.3 Å². The molecule has 12 heavy (non-hydrogen) atoms. The van der Waals surface area contributed by atoms with Gasteiger partial charge in [0, 0.05) is 26.2 Å². The molecule has 0 unspecified atom stereocenters. The minimum atomic E-state index is 0.0546. The predicted molar refractivity (Wildman–Crippen MR) is 45.9 cm³/mol. The lowest BCUT2D eigenvalue weighted by atomic mass is 10.2. The molecule has 4 heteroatoms. The number of carbonyl (C=O) groups is 1. The lowest BCUT2D eigenvalue weighted by molar-refractivity contribution is 0.215. The summed E-state index contributed by atoms with van der Waals surface area (Å²) >= 11 is 0. The Labute approximate surface area is 72.6 Å². The van der Waals surface area contributed by atoms with E-state index in [2.05, 4.69) is 5.32 Å². The molecule has 2 amide bonds. The number of amides is 2. The number of hydrogen-bond acceptors (Lipinski definition) is 2. The summed E-state index contributed by atoms with van der Waals surface area (Å²) in [7, 11) is 0. The van der Waals surface area contributed by atoms with Crippen LogP contribution >= 0.6 is 0 Å². The highest BCUT2D eigenvalue weighted by Crippen LogP contribution is 2.01. The Hall–Kier alpha value is -0.770. The Morgan fingerprint density at radius 2 is 2.25 bits per heavy atom. The summed E-state index contributed by atoms with van der Waals surface area (Å²) in [5.74, 6) is 0. The van der Waals surface area contributed by atoms with Crippen molar-refractivity contribution in [1.29, 1.82) is 0 Å². The Balaban J connectivity index is 2.02. The molecule has 2 N–H and O–H groups in total. The molecule has 0 aromatic carbocycles. The van der Waals surface area contributed by atoms with E-state index in [0.717, 1.165) is 38.9 Å². The van der Waals surface area contributed by atoms with Gasteiger partial charge in [0.1, 0.15) is 0 Å². The number of rotatable bonds is 5. The van der Waals surface area contributed by atoms with Gasteiger partial charge in [0.25, 0.3) is 0 Å². The van der Waals surface area contributed by atoms with Crippen LogP contribution in [0.15, 0.2) is 0 Å². The molecule has 4 nitrogen and oxygen atoms in total. The third-order valence-electron chi connectivity index (χ3n) is 2.03. The van der Waals surface area contributed by atoms with Crippen molar-refractivity contribution < 1.29 is 9.90 Å². The Morgan fingerprint density at radius 3 is 2.83 bits per heavy atom. The van der Waals surface area contributed by atoms with Crippen molar-refractivity contribution in [2.75, 3.05) is 26.2 Å². The molecule has 0 aliphatic carbocycles. The third-order valence-corrected chi connectivity index (χ3v) is 2.03. The first-order valence-corrected chi connectivity index (χ1v) is 4.48. The van der Waals surface area contributed by atoms with Gasteiger partial charge in [0.05, 0.1) is 0 Å². The minimum Gasteiger partial charge on any atom is -0.396 e. The molecular formula is C8H16N2O2. The Bertz CT molecular complexity index is 150. The van der Waals surface area contributed by atoms with E-state index in [1.807, 2.05) is 4.90 Å². The second-order valence-corrected chi connectivity index (χ2v) is 3.00. The smallest absolute Gasteiger partial charge is 0.317 e. The van der Waals surface area contributed by atoms with E-state index < -0.39 is 0 Å². The lowest BCUT2D eigenvalue weighted by Crippen LogP contribution is -2.28. The quantitative estimate of drug-likeness (QED) is 0.581. The summed E-state index contributed by atoms with van der Waals surface area (Å²) in [6.07, 6.45) is 2.84. The second kappa shape index (κ2) is 4.98. The van der Waals surface area contributed by atoms with Crippen LogP contribution in [0.1, 0.15) is 19.3 Å². The maximum atomic E-state index is 11.0. The number of aliphatic hydroxyl groups is 1. The summed E-state index contributed by atoms with van der Waals surface area (Å²) in [6, 6.07) is 0.0546. The van der Waals surface area contributed by atoms with E-state index in [9.17, 15) is 4.79 Å². The molecule has 0 saturated carbocycles. The third kappa shape index (κ3) is 2.70. The van der Waals surface area contributed by atoms with E-state index in [-0.39, 0.29) is 12.6 Å². The first-order chi connectivity index (χ1) is 5.84. The van der Waals surface area contributed by atoms with Crippen molar-refractivity contribution in [1.82, 2.24) is 10.2 Å². The van der Waals surface area contributed by atoms with Crippen LogP contribution in [-0.4, -0.2) is 42.3 Å². The molecule has 0 bridgehead atoms. The zero-order valence-corrected chi connectivity index (χ0v) is 7.25. The largest absolute Gasteiger partial charge is 0.396 e. The van der Waals surface area contributed by atoms with Crippen LogP contribution in [-0.2, 0) is 0 Å². The maximum Gasteiger partial charge on any atom is 0.317 e. The number of nitrogens with one attached hydrogen (secondary N) is 1. The first-order valence-electron chi connectivity index (χ1n) is 4.48. The van der Waals surface area contributed by atoms with Crippen molar-refractivity contribution in [3.05, 3.63) is 0 Å². The van der Waals surface area contributed by atoms with Gasteiger partial charge in [-0.3, -0.25) is 0 Å². The molecule has 1 heterocycles. The minimum absolute atomic E-state index is 0.0546. The Morgan fingerprint density at radius 1 is 1.42 bits per heavy atom. The van der Waals surface area contributed by atoms with Crippen LogP contribution in [0.2, 0.25) is 0 Å². The molecule has 0 aromatic rings. The summed E-state index contributed by atoms with van der Waals surface area (Å²) in [4.78, 5) is 12.8. The molecule has 1 aliphatic heterocycles. The maximum absolute atomic E-state index is 11.0. The Kier molecular flexibility index (Phi) is 3.87. The predicted octanol–water partition coefficient (Wildman–Crippen LogP) is 0.174. The van der Waals surface area contributed by atoms with Crippen molar-refractivity contribution in [2.24, 2.45) is 0 Å².